The molecule has 130 valence electrons. The topological polar surface area (TPSA) is 0 Å². The van der Waals surface area contributed by atoms with Crippen molar-refractivity contribution in [3.63, 3.8) is 0 Å². The second-order valence-electron chi connectivity index (χ2n) is 8.20. The molecule has 24 heavy (non-hydrogen) atoms. The molecule has 3 heteroatoms. The van der Waals surface area contributed by atoms with Gasteiger partial charge in [0.25, 0.3) is 0 Å². The van der Waals surface area contributed by atoms with Crippen LogP contribution in [0.3, 0.4) is 0 Å². The lowest BCUT2D eigenvalue weighted by molar-refractivity contribution is 0.470. The highest BCUT2D eigenvalue weighted by Gasteiger charge is 2.28. The Morgan fingerprint density at radius 3 is 2.12 bits per heavy atom. The third kappa shape index (κ3) is 3.97. The third-order valence-electron chi connectivity index (χ3n) is 4.41. The van der Waals surface area contributed by atoms with E-state index in [2.05, 4.69) is 26.8 Å². The fourth-order valence-electron chi connectivity index (χ4n) is 3.42. The van der Waals surface area contributed by atoms with E-state index in [-0.39, 0.29) is 5.41 Å². The van der Waals surface area contributed by atoms with E-state index in [4.69, 9.17) is 11.6 Å². The van der Waals surface area contributed by atoms with Gasteiger partial charge in [-0.15, -0.1) is 0 Å². The molecule has 0 spiro atoms. The van der Waals surface area contributed by atoms with E-state index >= 15 is 0 Å². The standard InChI is InChI=1S/C21H25ClF2/c1-13-9-15(23)11-18(24)19(13)21(5,6)12-14-7-8-17(22)16(10-14)20(2,3)4/h7-11H,12H2,1-6H3. The van der Waals surface area contributed by atoms with Crippen LogP contribution in [0.5, 0.6) is 0 Å². The number of hydrogen-bond donors (Lipinski definition) is 0. The number of benzene rings is 2. The summed E-state index contributed by atoms with van der Waals surface area (Å²) >= 11 is 6.34. The van der Waals surface area contributed by atoms with Crippen LogP contribution in [-0.2, 0) is 17.3 Å². The molecule has 0 amide bonds. The lowest BCUT2D eigenvalue weighted by atomic mass is 9.76. The van der Waals surface area contributed by atoms with Gasteiger partial charge >= 0.3 is 0 Å². The Hall–Kier alpha value is -1.41. The van der Waals surface area contributed by atoms with Gasteiger partial charge in [0, 0.05) is 11.1 Å². The van der Waals surface area contributed by atoms with Crippen molar-refractivity contribution in [1.82, 2.24) is 0 Å². The molecule has 0 radical (unpaired) electrons. The zero-order valence-corrected chi connectivity index (χ0v) is 16.0. The lowest BCUT2D eigenvalue weighted by Gasteiger charge is -2.29. The van der Waals surface area contributed by atoms with Gasteiger partial charge in [0.2, 0.25) is 0 Å². The average Bonchev–Trinajstić information content (AvgIpc) is 2.37. The summed E-state index contributed by atoms with van der Waals surface area (Å²) < 4.78 is 27.8. The van der Waals surface area contributed by atoms with Gasteiger partial charge in [-0.3, -0.25) is 0 Å². The molecule has 0 aliphatic rings. The highest BCUT2D eigenvalue weighted by molar-refractivity contribution is 6.31. The molecule has 0 unspecified atom stereocenters. The molecule has 2 aromatic rings. The van der Waals surface area contributed by atoms with Gasteiger partial charge in [0.15, 0.2) is 0 Å². The van der Waals surface area contributed by atoms with E-state index in [0.717, 1.165) is 22.2 Å². The predicted molar refractivity (Wildman–Crippen MR) is 98.0 cm³/mol. The van der Waals surface area contributed by atoms with Gasteiger partial charge in [-0.2, -0.15) is 0 Å². The number of aryl methyl sites for hydroxylation is 1. The van der Waals surface area contributed by atoms with E-state index in [1.807, 2.05) is 26.0 Å². The Bertz CT molecular complexity index is 732. The van der Waals surface area contributed by atoms with Crippen molar-refractivity contribution in [3.8, 4) is 0 Å². The molecule has 0 aromatic heterocycles. The molecule has 0 fully saturated rings. The maximum absolute atomic E-state index is 14.4. The van der Waals surface area contributed by atoms with E-state index in [1.54, 1.807) is 6.92 Å². The van der Waals surface area contributed by atoms with Crippen LogP contribution >= 0.6 is 11.6 Å². The van der Waals surface area contributed by atoms with E-state index in [1.165, 1.54) is 6.07 Å². The molecule has 0 bridgehead atoms. The average molecular weight is 351 g/mol. The van der Waals surface area contributed by atoms with Gasteiger partial charge in [-0.25, -0.2) is 8.78 Å². The van der Waals surface area contributed by atoms with Gasteiger partial charge < -0.3 is 0 Å². The molecule has 0 aliphatic heterocycles. The van der Waals surface area contributed by atoms with E-state index in [0.29, 0.717) is 17.5 Å². The van der Waals surface area contributed by atoms with Crippen molar-refractivity contribution >= 4 is 11.6 Å². The number of halogens is 3. The molecule has 0 heterocycles. The van der Waals surface area contributed by atoms with Crippen LogP contribution < -0.4 is 0 Å². The summed E-state index contributed by atoms with van der Waals surface area (Å²) in [5.74, 6) is -1.02. The van der Waals surface area contributed by atoms with Gasteiger partial charge in [-0.1, -0.05) is 58.4 Å². The van der Waals surface area contributed by atoms with Crippen LogP contribution in [0.4, 0.5) is 8.78 Å². The van der Waals surface area contributed by atoms with Gasteiger partial charge in [0.05, 0.1) is 0 Å². The lowest BCUT2D eigenvalue weighted by Crippen LogP contribution is -2.24. The minimum absolute atomic E-state index is 0.0612. The van der Waals surface area contributed by atoms with Crippen LogP contribution in [-0.4, -0.2) is 0 Å². The predicted octanol–water partition coefficient (Wildman–Crippen LogP) is 6.74. The number of rotatable bonds is 3. The summed E-state index contributed by atoms with van der Waals surface area (Å²) in [4.78, 5) is 0. The minimum atomic E-state index is -0.536. The van der Waals surface area contributed by atoms with Crippen LogP contribution in [0, 0.1) is 18.6 Å². The molecule has 2 aromatic carbocycles. The quantitative estimate of drug-likeness (QED) is 0.574. The van der Waals surface area contributed by atoms with Crippen LogP contribution in [0.15, 0.2) is 30.3 Å². The monoisotopic (exact) mass is 350 g/mol. The fourth-order valence-corrected chi connectivity index (χ4v) is 3.82. The van der Waals surface area contributed by atoms with E-state index < -0.39 is 17.0 Å². The summed E-state index contributed by atoms with van der Waals surface area (Å²) in [5.41, 5.74) is 2.86. The Labute approximate surface area is 148 Å². The SMILES string of the molecule is Cc1cc(F)cc(F)c1C(C)(C)Cc1ccc(Cl)c(C(C)(C)C)c1. The molecule has 0 nitrogen and oxygen atoms in total. The van der Waals surface area contributed by atoms with Crippen molar-refractivity contribution in [2.75, 3.05) is 0 Å². The summed E-state index contributed by atoms with van der Waals surface area (Å²) in [6.07, 6.45) is 0.649. The van der Waals surface area contributed by atoms with Crippen LogP contribution in [0.2, 0.25) is 5.02 Å². The van der Waals surface area contributed by atoms with Crippen molar-refractivity contribution < 1.29 is 8.78 Å². The second kappa shape index (κ2) is 6.48. The van der Waals surface area contributed by atoms with Crippen molar-refractivity contribution in [1.29, 1.82) is 0 Å². The first-order valence-corrected chi connectivity index (χ1v) is 8.54. The molecule has 0 saturated heterocycles. The summed E-state index contributed by atoms with van der Waals surface area (Å²) in [7, 11) is 0. The zero-order chi connectivity index (χ0) is 18.3. The van der Waals surface area contributed by atoms with Crippen molar-refractivity contribution in [2.45, 2.75) is 58.8 Å². The number of hydrogen-bond acceptors (Lipinski definition) is 0. The summed E-state index contributed by atoms with van der Waals surface area (Å²) in [6, 6.07) is 8.34. The first-order valence-electron chi connectivity index (χ1n) is 8.17. The smallest absolute Gasteiger partial charge is 0.130 e. The highest BCUT2D eigenvalue weighted by Crippen LogP contribution is 2.35. The molecule has 0 aliphatic carbocycles. The zero-order valence-electron chi connectivity index (χ0n) is 15.2. The first kappa shape index (κ1) is 18.9. The Morgan fingerprint density at radius 1 is 0.958 bits per heavy atom. The van der Waals surface area contributed by atoms with Gasteiger partial charge in [0.1, 0.15) is 11.6 Å². The Morgan fingerprint density at radius 2 is 1.58 bits per heavy atom. The first-order chi connectivity index (χ1) is 10.9. The normalized spacial score (nSPS) is 12.5. The molecular formula is C21H25ClF2. The minimum Gasteiger partial charge on any atom is -0.207 e. The molecule has 2 rings (SSSR count). The fraction of sp³-hybridized carbons (Fsp3) is 0.429. The second-order valence-corrected chi connectivity index (χ2v) is 8.61. The Balaban J connectivity index is 2.44. The molecule has 0 atom stereocenters. The van der Waals surface area contributed by atoms with Gasteiger partial charge in [-0.05, 0) is 58.6 Å². The molecular weight excluding hydrogens is 326 g/mol. The van der Waals surface area contributed by atoms with Crippen LogP contribution in [0.25, 0.3) is 0 Å². The van der Waals surface area contributed by atoms with Crippen LogP contribution in [0.1, 0.15) is 56.9 Å². The van der Waals surface area contributed by atoms with Crippen molar-refractivity contribution in [2.24, 2.45) is 0 Å². The molecule has 0 N–H and O–H groups in total. The largest absolute Gasteiger partial charge is 0.207 e. The maximum atomic E-state index is 14.4. The highest BCUT2D eigenvalue weighted by atomic mass is 35.5. The summed E-state index contributed by atoms with van der Waals surface area (Å²) in [5, 5.41) is 0.744. The third-order valence-corrected chi connectivity index (χ3v) is 4.74. The van der Waals surface area contributed by atoms with Crippen molar-refractivity contribution in [3.05, 3.63) is 69.2 Å². The molecule has 0 saturated carbocycles. The summed E-state index contributed by atoms with van der Waals surface area (Å²) in [6.45, 7) is 12.1. The Kier molecular flexibility index (Phi) is 5.11. The maximum Gasteiger partial charge on any atom is 0.130 e. The van der Waals surface area contributed by atoms with E-state index in [9.17, 15) is 8.78 Å².